The van der Waals surface area contributed by atoms with Gasteiger partial charge in [0.2, 0.25) is 0 Å². The molecule has 0 amide bonds. The van der Waals surface area contributed by atoms with Gasteiger partial charge in [0.25, 0.3) is 0 Å². The van der Waals surface area contributed by atoms with E-state index in [1.165, 1.54) is 19.4 Å². The van der Waals surface area contributed by atoms with Gasteiger partial charge < -0.3 is 9.30 Å². The van der Waals surface area contributed by atoms with Crippen molar-refractivity contribution in [1.29, 1.82) is 0 Å². The Morgan fingerprint density at radius 3 is 2.71 bits per heavy atom. The van der Waals surface area contributed by atoms with Gasteiger partial charge in [-0.2, -0.15) is 0 Å². The van der Waals surface area contributed by atoms with E-state index in [1.807, 2.05) is 0 Å². The molecule has 0 unspecified atom stereocenters. The zero-order valence-corrected chi connectivity index (χ0v) is 13.3. The third-order valence-electron chi connectivity index (χ3n) is 3.12. The zero-order valence-electron chi connectivity index (χ0n) is 11.8. The number of aryl methyl sites for hydroxylation is 1. The van der Waals surface area contributed by atoms with Crippen LogP contribution in [0.5, 0.6) is 5.75 Å². The molecule has 0 saturated heterocycles. The molecular formula is C13H16ClFN2O3S. The van der Waals surface area contributed by atoms with Crippen molar-refractivity contribution >= 4 is 32.5 Å². The molecule has 21 heavy (non-hydrogen) atoms. The van der Waals surface area contributed by atoms with Gasteiger partial charge in [0.05, 0.1) is 29.8 Å². The number of halogens is 2. The lowest BCUT2D eigenvalue weighted by Gasteiger charge is -2.08. The molecule has 1 heterocycles. The number of benzene rings is 1. The predicted molar refractivity (Wildman–Crippen MR) is 80.1 cm³/mol. The molecule has 0 saturated carbocycles. The SMILES string of the molecule is COc1cc2c(cc1F)nc(CCl)n2CCCS(C)(=O)=O. The fraction of sp³-hybridized carbons (Fsp3) is 0.462. The lowest BCUT2D eigenvalue weighted by Crippen LogP contribution is -2.09. The van der Waals surface area contributed by atoms with E-state index in [1.54, 1.807) is 10.6 Å². The van der Waals surface area contributed by atoms with E-state index in [0.29, 0.717) is 29.8 Å². The summed E-state index contributed by atoms with van der Waals surface area (Å²) in [7, 11) is -1.64. The van der Waals surface area contributed by atoms with Crippen LogP contribution in [-0.2, 0) is 22.3 Å². The minimum absolute atomic E-state index is 0.0761. The fourth-order valence-electron chi connectivity index (χ4n) is 2.17. The molecule has 1 aromatic carbocycles. The number of sulfone groups is 1. The number of aromatic nitrogens is 2. The van der Waals surface area contributed by atoms with Crippen LogP contribution in [0.4, 0.5) is 4.39 Å². The number of rotatable bonds is 6. The molecule has 1 aromatic heterocycles. The molecule has 0 aliphatic rings. The van der Waals surface area contributed by atoms with Crippen molar-refractivity contribution in [2.45, 2.75) is 18.8 Å². The number of ether oxygens (including phenoxy) is 1. The number of fused-ring (bicyclic) bond motifs is 1. The first kappa shape index (κ1) is 16.0. The highest BCUT2D eigenvalue weighted by Crippen LogP contribution is 2.26. The summed E-state index contributed by atoms with van der Waals surface area (Å²) < 4.78 is 42.9. The second-order valence-corrected chi connectivity index (χ2v) is 7.30. The summed E-state index contributed by atoms with van der Waals surface area (Å²) in [5.74, 6) is 0.442. The maximum absolute atomic E-state index is 13.7. The van der Waals surface area contributed by atoms with Crippen molar-refractivity contribution < 1.29 is 17.5 Å². The lowest BCUT2D eigenvalue weighted by atomic mass is 10.3. The van der Waals surface area contributed by atoms with Crippen LogP contribution in [0.1, 0.15) is 12.2 Å². The zero-order chi connectivity index (χ0) is 15.6. The van der Waals surface area contributed by atoms with Gasteiger partial charge in [-0.1, -0.05) is 0 Å². The quantitative estimate of drug-likeness (QED) is 0.761. The number of hydrogen-bond donors (Lipinski definition) is 0. The van der Waals surface area contributed by atoms with E-state index < -0.39 is 15.7 Å². The highest BCUT2D eigenvalue weighted by Gasteiger charge is 2.14. The maximum atomic E-state index is 13.7. The molecule has 0 fully saturated rings. The standard InChI is InChI=1S/C13H16ClFN2O3S/c1-20-12-7-11-10(6-9(12)15)16-13(8-14)17(11)4-3-5-21(2,18)19/h6-7H,3-5,8H2,1-2H3. The van der Waals surface area contributed by atoms with E-state index in [4.69, 9.17) is 16.3 Å². The molecule has 5 nitrogen and oxygen atoms in total. The molecule has 0 spiro atoms. The normalized spacial score (nSPS) is 12.0. The van der Waals surface area contributed by atoms with E-state index >= 15 is 0 Å². The van der Waals surface area contributed by atoms with Crippen molar-refractivity contribution in [1.82, 2.24) is 9.55 Å². The van der Waals surface area contributed by atoms with Gasteiger partial charge >= 0.3 is 0 Å². The molecule has 8 heteroatoms. The minimum Gasteiger partial charge on any atom is -0.494 e. The summed E-state index contributed by atoms with van der Waals surface area (Å²) in [6.07, 6.45) is 1.63. The van der Waals surface area contributed by atoms with Gasteiger partial charge in [-0.05, 0) is 6.42 Å². The van der Waals surface area contributed by atoms with Crippen molar-refractivity contribution in [3.05, 3.63) is 23.8 Å². The third-order valence-corrected chi connectivity index (χ3v) is 4.39. The first-order valence-electron chi connectivity index (χ1n) is 6.32. The number of alkyl halides is 1. The Balaban J connectivity index is 2.40. The van der Waals surface area contributed by atoms with Gasteiger partial charge in [0.15, 0.2) is 11.6 Å². The second kappa shape index (κ2) is 6.19. The van der Waals surface area contributed by atoms with Crippen molar-refractivity contribution in [2.75, 3.05) is 19.1 Å². The Kier molecular flexibility index (Phi) is 4.73. The Bertz CT molecular complexity index is 758. The van der Waals surface area contributed by atoms with E-state index in [2.05, 4.69) is 4.98 Å². The van der Waals surface area contributed by atoms with Crippen LogP contribution in [-0.4, -0.2) is 37.1 Å². The summed E-state index contributed by atoms with van der Waals surface area (Å²) in [4.78, 5) is 4.27. The topological polar surface area (TPSA) is 61.2 Å². The number of hydrogen-bond acceptors (Lipinski definition) is 4. The van der Waals surface area contributed by atoms with Crippen molar-refractivity contribution in [3.63, 3.8) is 0 Å². The average Bonchev–Trinajstić information content (AvgIpc) is 2.73. The highest BCUT2D eigenvalue weighted by molar-refractivity contribution is 7.90. The molecule has 0 radical (unpaired) electrons. The predicted octanol–water partition coefficient (Wildman–Crippen LogP) is 2.36. The van der Waals surface area contributed by atoms with E-state index in [0.717, 1.165) is 0 Å². The molecular weight excluding hydrogens is 319 g/mol. The Morgan fingerprint density at radius 2 is 2.14 bits per heavy atom. The van der Waals surface area contributed by atoms with Crippen LogP contribution < -0.4 is 4.74 Å². The molecule has 0 bridgehead atoms. The number of nitrogens with zero attached hydrogens (tertiary/aromatic N) is 2. The molecule has 0 atom stereocenters. The van der Waals surface area contributed by atoms with E-state index in [9.17, 15) is 12.8 Å². The van der Waals surface area contributed by atoms with Gasteiger partial charge in [0, 0.05) is 24.9 Å². The van der Waals surface area contributed by atoms with Gasteiger partial charge in [-0.3, -0.25) is 0 Å². The summed E-state index contributed by atoms with van der Waals surface area (Å²) in [6, 6.07) is 2.84. The van der Waals surface area contributed by atoms with Crippen LogP contribution in [0.15, 0.2) is 12.1 Å². The summed E-state index contributed by atoms with van der Waals surface area (Å²) in [5.41, 5.74) is 1.15. The van der Waals surface area contributed by atoms with Crippen molar-refractivity contribution in [3.8, 4) is 5.75 Å². The Hall–Kier alpha value is -1.34. The number of imidazole rings is 1. The molecule has 2 rings (SSSR count). The first-order valence-corrected chi connectivity index (χ1v) is 8.91. The first-order chi connectivity index (χ1) is 9.85. The lowest BCUT2D eigenvalue weighted by molar-refractivity contribution is 0.387. The summed E-state index contributed by atoms with van der Waals surface area (Å²) >= 11 is 5.86. The Morgan fingerprint density at radius 1 is 1.43 bits per heavy atom. The molecule has 0 N–H and O–H groups in total. The summed E-state index contributed by atoms with van der Waals surface area (Å²) in [5, 5.41) is 0. The van der Waals surface area contributed by atoms with Crippen molar-refractivity contribution in [2.24, 2.45) is 0 Å². The van der Waals surface area contributed by atoms with Crippen LogP contribution in [0.3, 0.4) is 0 Å². The minimum atomic E-state index is -3.02. The summed E-state index contributed by atoms with van der Waals surface area (Å²) in [6.45, 7) is 0.445. The molecule has 0 aliphatic heterocycles. The maximum Gasteiger partial charge on any atom is 0.167 e. The fourth-order valence-corrected chi connectivity index (χ4v) is 3.03. The average molecular weight is 335 g/mol. The molecule has 0 aliphatic carbocycles. The number of methoxy groups -OCH3 is 1. The largest absolute Gasteiger partial charge is 0.494 e. The van der Waals surface area contributed by atoms with E-state index in [-0.39, 0.29) is 17.4 Å². The van der Waals surface area contributed by atoms with Crippen LogP contribution in [0, 0.1) is 5.82 Å². The highest BCUT2D eigenvalue weighted by atomic mass is 35.5. The molecule has 116 valence electrons. The third kappa shape index (κ3) is 3.65. The van der Waals surface area contributed by atoms with Crippen LogP contribution >= 0.6 is 11.6 Å². The van der Waals surface area contributed by atoms with Gasteiger partial charge in [-0.25, -0.2) is 17.8 Å². The van der Waals surface area contributed by atoms with Crippen LogP contribution in [0.25, 0.3) is 11.0 Å². The monoisotopic (exact) mass is 334 g/mol. The second-order valence-electron chi connectivity index (χ2n) is 4.77. The van der Waals surface area contributed by atoms with Crippen LogP contribution in [0.2, 0.25) is 0 Å². The van der Waals surface area contributed by atoms with Gasteiger partial charge in [-0.15, -0.1) is 11.6 Å². The Labute approximate surface area is 127 Å². The van der Waals surface area contributed by atoms with Gasteiger partial charge in [0.1, 0.15) is 15.7 Å². The smallest absolute Gasteiger partial charge is 0.167 e. The molecule has 2 aromatic rings.